The molecule has 0 aliphatic rings. The first-order valence-electron chi connectivity index (χ1n) is 3.73. The van der Waals surface area contributed by atoms with Gasteiger partial charge in [-0.25, -0.2) is 0 Å². The van der Waals surface area contributed by atoms with Crippen molar-refractivity contribution in [2.24, 2.45) is 0 Å². The Balaban J connectivity index is 3.06. The summed E-state index contributed by atoms with van der Waals surface area (Å²) in [5.74, 6) is -1.81. The third-order valence-corrected chi connectivity index (χ3v) is 2.73. The fourth-order valence-electron chi connectivity index (χ4n) is 0.955. The highest BCUT2D eigenvalue weighted by Gasteiger charge is 2.17. The first-order chi connectivity index (χ1) is 6.79. The molecule has 0 radical (unpaired) electrons. The van der Waals surface area contributed by atoms with Crippen LogP contribution in [-0.4, -0.2) is 24.5 Å². The fourth-order valence-corrected chi connectivity index (χ4v) is 1.84. The Morgan fingerprint density at radius 3 is 2.47 bits per heavy atom. The lowest BCUT2D eigenvalue weighted by atomic mass is 10.1. The number of carbonyl (C=O) groups excluding carboxylic acids is 1. The summed E-state index contributed by atoms with van der Waals surface area (Å²) in [6.07, 6.45) is 0. The predicted octanol–water partition coefficient (Wildman–Crippen LogP) is 2.06. The van der Waals surface area contributed by atoms with Gasteiger partial charge in [0.1, 0.15) is 5.75 Å². The second-order valence-corrected chi connectivity index (χ2v) is 5.07. The molecule has 1 N–H and O–H groups in total. The van der Waals surface area contributed by atoms with Crippen LogP contribution < -0.4 is 0 Å². The Labute approximate surface area is 96.6 Å². The summed E-state index contributed by atoms with van der Waals surface area (Å²) in [5, 5.41) is 0.353. The normalized spacial score (nSPS) is 11.4. The van der Waals surface area contributed by atoms with Gasteiger partial charge in [-0.15, -0.1) is 0 Å². The number of hydrogen-bond donors (Lipinski definition) is 1. The minimum Gasteiger partial charge on any atom is -0.293 e. The van der Waals surface area contributed by atoms with Gasteiger partial charge in [-0.1, -0.05) is 23.2 Å². The number of hydrogen-bond acceptors (Lipinski definition) is 3. The van der Waals surface area contributed by atoms with Crippen molar-refractivity contribution in [2.75, 3.05) is 5.75 Å². The molecule has 0 amide bonds. The monoisotopic (exact) mass is 268 g/mol. The van der Waals surface area contributed by atoms with Crippen molar-refractivity contribution in [1.82, 2.24) is 0 Å². The molecule has 0 aromatic heterocycles. The van der Waals surface area contributed by atoms with Crippen LogP contribution in [0.3, 0.4) is 0 Å². The van der Waals surface area contributed by atoms with E-state index < -0.39 is 21.7 Å². The van der Waals surface area contributed by atoms with Gasteiger partial charge < -0.3 is 0 Å². The molecular weight excluding hydrogens is 263 g/mol. The average Bonchev–Trinajstić information content (AvgIpc) is 2.06. The Morgan fingerprint density at radius 2 is 1.93 bits per heavy atom. The van der Waals surface area contributed by atoms with E-state index >= 15 is 0 Å². The Hall–Kier alpha value is -0.620. The van der Waals surface area contributed by atoms with Crippen molar-refractivity contribution in [3.63, 3.8) is 0 Å². The lowest BCUT2D eigenvalue weighted by Crippen LogP contribution is -2.15. The topological polar surface area (TPSA) is 71.4 Å². The molecule has 7 heteroatoms. The predicted molar refractivity (Wildman–Crippen MR) is 57.2 cm³/mol. The highest BCUT2D eigenvalue weighted by molar-refractivity contribution is 7.86. The van der Waals surface area contributed by atoms with Gasteiger partial charge in [0, 0.05) is 10.6 Å². The minimum absolute atomic E-state index is 0.0261. The van der Waals surface area contributed by atoms with Gasteiger partial charge in [-0.05, 0) is 18.2 Å². The van der Waals surface area contributed by atoms with Crippen LogP contribution >= 0.6 is 23.2 Å². The van der Waals surface area contributed by atoms with Crippen LogP contribution in [0.15, 0.2) is 18.2 Å². The molecule has 0 heterocycles. The largest absolute Gasteiger partial charge is 0.293 e. The van der Waals surface area contributed by atoms with Crippen LogP contribution in [0.1, 0.15) is 10.4 Å². The van der Waals surface area contributed by atoms with Gasteiger partial charge in [0.05, 0.1) is 5.02 Å². The molecule has 4 nitrogen and oxygen atoms in total. The zero-order valence-electron chi connectivity index (χ0n) is 7.28. The highest BCUT2D eigenvalue weighted by atomic mass is 35.5. The standard InChI is InChI=1S/C8H6Cl2O4S/c9-5-1-2-7(10)6(3-5)8(11)4-15(12,13)14/h1-3H,4H2,(H,12,13,14). The maximum atomic E-state index is 11.4. The van der Waals surface area contributed by atoms with Gasteiger partial charge in [0.25, 0.3) is 10.1 Å². The van der Waals surface area contributed by atoms with Crippen molar-refractivity contribution in [2.45, 2.75) is 0 Å². The quantitative estimate of drug-likeness (QED) is 0.673. The maximum Gasteiger partial charge on any atom is 0.272 e. The highest BCUT2D eigenvalue weighted by Crippen LogP contribution is 2.21. The average molecular weight is 269 g/mol. The first kappa shape index (κ1) is 12.4. The van der Waals surface area contributed by atoms with E-state index in [4.69, 9.17) is 27.8 Å². The summed E-state index contributed by atoms with van der Waals surface area (Å²) in [7, 11) is -4.35. The summed E-state index contributed by atoms with van der Waals surface area (Å²) in [6, 6.07) is 4.09. The fraction of sp³-hybridized carbons (Fsp3) is 0.125. The lowest BCUT2D eigenvalue weighted by molar-refractivity contribution is 0.101. The number of carbonyl (C=O) groups is 1. The number of ketones is 1. The van der Waals surface area contributed by atoms with E-state index in [0.29, 0.717) is 0 Å². The summed E-state index contributed by atoms with van der Waals surface area (Å²) in [5.41, 5.74) is -0.0261. The smallest absolute Gasteiger partial charge is 0.272 e. The van der Waals surface area contributed by atoms with Crippen molar-refractivity contribution in [3.8, 4) is 0 Å². The number of Topliss-reactive ketones (excluding diaryl/α,β-unsaturated/α-hetero) is 1. The molecule has 0 atom stereocenters. The van der Waals surface area contributed by atoms with E-state index in [1.807, 2.05) is 0 Å². The maximum absolute atomic E-state index is 11.4. The number of halogens is 2. The molecule has 15 heavy (non-hydrogen) atoms. The van der Waals surface area contributed by atoms with Crippen LogP contribution in [0, 0.1) is 0 Å². The van der Waals surface area contributed by atoms with Gasteiger partial charge in [-0.3, -0.25) is 9.35 Å². The van der Waals surface area contributed by atoms with Gasteiger partial charge in [0.2, 0.25) is 0 Å². The van der Waals surface area contributed by atoms with E-state index in [9.17, 15) is 13.2 Å². The first-order valence-corrected chi connectivity index (χ1v) is 6.09. The Kier molecular flexibility index (Phi) is 3.72. The number of rotatable bonds is 3. The summed E-state index contributed by atoms with van der Waals surface area (Å²) in [6.45, 7) is 0. The van der Waals surface area contributed by atoms with Crippen molar-refractivity contribution in [1.29, 1.82) is 0 Å². The molecule has 0 bridgehead atoms. The lowest BCUT2D eigenvalue weighted by Gasteiger charge is -2.02. The SMILES string of the molecule is O=C(CS(=O)(=O)O)c1cc(Cl)ccc1Cl. The van der Waals surface area contributed by atoms with E-state index in [0.717, 1.165) is 0 Å². The number of benzene rings is 1. The molecule has 0 aliphatic heterocycles. The summed E-state index contributed by atoms with van der Waals surface area (Å²) < 4.78 is 29.4. The molecule has 1 aromatic carbocycles. The molecular formula is C8H6Cl2O4S. The van der Waals surface area contributed by atoms with Crippen LogP contribution in [0.5, 0.6) is 0 Å². The zero-order chi connectivity index (χ0) is 11.6. The van der Waals surface area contributed by atoms with Crippen LogP contribution in [-0.2, 0) is 10.1 Å². The molecule has 82 valence electrons. The van der Waals surface area contributed by atoms with Crippen LogP contribution in [0.2, 0.25) is 10.0 Å². The second kappa shape index (κ2) is 4.49. The van der Waals surface area contributed by atoms with Crippen LogP contribution in [0.4, 0.5) is 0 Å². The molecule has 1 aromatic rings. The van der Waals surface area contributed by atoms with Crippen molar-refractivity contribution < 1.29 is 17.8 Å². The van der Waals surface area contributed by atoms with E-state index in [1.165, 1.54) is 18.2 Å². The van der Waals surface area contributed by atoms with Gasteiger partial charge in [-0.2, -0.15) is 8.42 Å². The molecule has 0 spiro atoms. The molecule has 0 unspecified atom stereocenters. The van der Waals surface area contributed by atoms with Crippen LogP contribution in [0.25, 0.3) is 0 Å². The molecule has 1 rings (SSSR count). The summed E-state index contributed by atoms with van der Waals surface area (Å²) >= 11 is 11.3. The van der Waals surface area contributed by atoms with Crippen molar-refractivity contribution >= 4 is 39.1 Å². The zero-order valence-corrected chi connectivity index (χ0v) is 9.60. The Bertz CT molecular complexity index is 495. The van der Waals surface area contributed by atoms with Gasteiger partial charge >= 0.3 is 0 Å². The Morgan fingerprint density at radius 1 is 1.33 bits per heavy atom. The van der Waals surface area contributed by atoms with Gasteiger partial charge in [0.15, 0.2) is 5.78 Å². The molecule has 0 aliphatic carbocycles. The van der Waals surface area contributed by atoms with E-state index in [2.05, 4.69) is 0 Å². The van der Waals surface area contributed by atoms with Crippen molar-refractivity contribution in [3.05, 3.63) is 33.8 Å². The summed E-state index contributed by atoms with van der Waals surface area (Å²) in [4.78, 5) is 11.4. The van der Waals surface area contributed by atoms with E-state index in [1.54, 1.807) is 0 Å². The second-order valence-electron chi connectivity index (χ2n) is 2.77. The minimum atomic E-state index is -4.35. The molecule has 0 saturated heterocycles. The van der Waals surface area contributed by atoms with E-state index in [-0.39, 0.29) is 15.6 Å². The third-order valence-electron chi connectivity index (χ3n) is 1.54. The molecule has 0 saturated carbocycles. The molecule has 0 fully saturated rings. The third kappa shape index (κ3) is 3.79.